The number of hydrogen-bond acceptors (Lipinski definition) is 3. The van der Waals surface area contributed by atoms with E-state index in [-0.39, 0.29) is 17.6 Å². The molecule has 120 valence electrons. The average molecular weight is 310 g/mol. The van der Waals surface area contributed by atoms with Gasteiger partial charge in [-0.25, -0.2) is 0 Å². The number of benzene rings is 2. The standard InChI is InChI=1S/C20H22O3/c1-13(2)3-10-17-18(22)11-6-15-7-12-19(23-20(15)17)14-4-8-16(21)9-5-14/h3-6,8-9,11,19,21-22H,7,10,12H2,1-2H3/t19-/m1/s1. The second kappa shape index (κ2) is 6.37. The average Bonchev–Trinajstić information content (AvgIpc) is 2.54. The van der Waals surface area contributed by atoms with Gasteiger partial charge in [0, 0.05) is 5.56 Å². The SMILES string of the molecule is CC(C)=CCc1c(O)ccc2c1O[C@@H](c1ccc(O)cc1)CC2. The van der Waals surface area contributed by atoms with Crippen LogP contribution in [0.3, 0.4) is 0 Å². The number of fused-ring (bicyclic) bond motifs is 1. The number of allylic oxidation sites excluding steroid dienone is 2. The summed E-state index contributed by atoms with van der Waals surface area (Å²) in [7, 11) is 0. The van der Waals surface area contributed by atoms with Gasteiger partial charge in [-0.3, -0.25) is 0 Å². The fraction of sp³-hybridized carbons (Fsp3) is 0.300. The monoisotopic (exact) mass is 310 g/mol. The Bertz CT molecular complexity index is 725. The predicted octanol–water partition coefficient (Wildman–Crippen LogP) is 4.67. The molecule has 1 aliphatic rings. The molecule has 0 saturated carbocycles. The van der Waals surface area contributed by atoms with Crippen molar-refractivity contribution in [2.75, 3.05) is 0 Å². The van der Waals surface area contributed by atoms with Crippen LogP contribution in [0, 0.1) is 0 Å². The van der Waals surface area contributed by atoms with Crippen molar-refractivity contribution < 1.29 is 14.9 Å². The van der Waals surface area contributed by atoms with Crippen molar-refractivity contribution in [3.63, 3.8) is 0 Å². The first kappa shape index (κ1) is 15.5. The van der Waals surface area contributed by atoms with E-state index in [9.17, 15) is 10.2 Å². The van der Waals surface area contributed by atoms with Crippen molar-refractivity contribution in [1.29, 1.82) is 0 Å². The van der Waals surface area contributed by atoms with Crippen LogP contribution in [0.15, 0.2) is 48.0 Å². The zero-order chi connectivity index (χ0) is 16.4. The van der Waals surface area contributed by atoms with Crippen LogP contribution in [0.1, 0.15) is 43.1 Å². The molecule has 2 aromatic rings. The van der Waals surface area contributed by atoms with E-state index in [1.54, 1.807) is 18.2 Å². The highest BCUT2D eigenvalue weighted by Crippen LogP contribution is 2.41. The number of rotatable bonds is 3. The van der Waals surface area contributed by atoms with E-state index in [0.29, 0.717) is 6.42 Å². The molecule has 3 nitrogen and oxygen atoms in total. The Balaban J connectivity index is 1.93. The molecular weight excluding hydrogens is 288 g/mol. The Morgan fingerprint density at radius 1 is 1.13 bits per heavy atom. The minimum absolute atomic E-state index is 0.0460. The Hall–Kier alpha value is -2.42. The van der Waals surface area contributed by atoms with Crippen LogP contribution < -0.4 is 4.74 Å². The Kier molecular flexibility index (Phi) is 4.28. The summed E-state index contributed by atoms with van der Waals surface area (Å²) in [5.74, 6) is 1.35. The quantitative estimate of drug-likeness (QED) is 0.810. The number of aromatic hydroxyl groups is 2. The maximum atomic E-state index is 10.2. The molecule has 0 aromatic heterocycles. The van der Waals surface area contributed by atoms with Gasteiger partial charge >= 0.3 is 0 Å². The summed E-state index contributed by atoms with van der Waals surface area (Å²) in [4.78, 5) is 0. The van der Waals surface area contributed by atoms with Crippen LogP contribution in [0.25, 0.3) is 0 Å². The lowest BCUT2D eigenvalue weighted by molar-refractivity contribution is 0.174. The maximum Gasteiger partial charge on any atom is 0.130 e. The smallest absolute Gasteiger partial charge is 0.130 e. The van der Waals surface area contributed by atoms with Gasteiger partial charge in [-0.1, -0.05) is 29.8 Å². The summed E-state index contributed by atoms with van der Waals surface area (Å²) in [5, 5.41) is 19.7. The Morgan fingerprint density at radius 3 is 2.57 bits per heavy atom. The van der Waals surface area contributed by atoms with Gasteiger partial charge in [0.25, 0.3) is 0 Å². The van der Waals surface area contributed by atoms with Gasteiger partial charge in [0.15, 0.2) is 0 Å². The van der Waals surface area contributed by atoms with Crippen LogP contribution in [0.4, 0.5) is 0 Å². The van der Waals surface area contributed by atoms with E-state index in [1.165, 1.54) is 5.57 Å². The van der Waals surface area contributed by atoms with Gasteiger partial charge in [-0.2, -0.15) is 0 Å². The third-order valence-corrected chi connectivity index (χ3v) is 4.23. The molecule has 2 aromatic carbocycles. The summed E-state index contributed by atoms with van der Waals surface area (Å²) in [6.45, 7) is 4.10. The molecule has 23 heavy (non-hydrogen) atoms. The number of ether oxygens (including phenoxy) is 1. The first-order valence-corrected chi connectivity index (χ1v) is 7.97. The highest BCUT2D eigenvalue weighted by atomic mass is 16.5. The molecule has 1 aliphatic heterocycles. The Labute approximate surface area is 136 Å². The summed E-state index contributed by atoms with van der Waals surface area (Å²) >= 11 is 0. The molecule has 1 heterocycles. The molecule has 0 fully saturated rings. The van der Waals surface area contributed by atoms with Crippen LogP contribution in [0.5, 0.6) is 17.2 Å². The minimum Gasteiger partial charge on any atom is -0.508 e. The van der Waals surface area contributed by atoms with Crippen LogP contribution >= 0.6 is 0 Å². The van der Waals surface area contributed by atoms with Crippen molar-refractivity contribution in [3.8, 4) is 17.2 Å². The van der Waals surface area contributed by atoms with Gasteiger partial charge in [0.05, 0.1) is 0 Å². The lowest BCUT2D eigenvalue weighted by Crippen LogP contribution is -2.16. The fourth-order valence-corrected chi connectivity index (χ4v) is 2.92. The maximum absolute atomic E-state index is 10.2. The van der Waals surface area contributed by atoms with E-state index in [0.717, 1.165) is 35.3 Å². The predicted molar refractivity (Wildman–Crippen MR) is 91.0 cm³/mol. The highest BCUT2D eigenvalue weighted by Gasteiger charge is 2.24. The second-order valence-electron chi connectivity index (χ2n) is 6.27. The van der Waals surface area contributed by atoms with Crippen LogP contribution in [-0.4, -0.2) is 10.2 Å². The van der Waals surface area contributed by atoms with Crippen molar-refractivity contribution in [2.45, 2.75) is 39.2 Å². The van der Waals surface area contributed by atoms with Gasteiger partial charge in [0.2, 0.25) is 0 Å². The zero-order valence-electron chi connectivity index (χ0n) is 13.5. The van der Waals surface area contributed by atoms with Gasteiger partial charge < -0.3 is 14.9 Å². The van der Waals surface area contributed by atoms with E-state index >= 15 is 0 Å². The Morgan fingerprint density at radius 2 is 1.87 bits per heavy atom. The molecule has 0 amide bonds. The molecule has 2 N–H and O–H groups in total. The molecule has 1 atom stereocenters. The molecule has 0 radical (unpaired) electrons. The topological polar surface area (TPSA) is 49.7 Å². The van der Waals surface area contributed by atoms with Crippen LogP contribution in [0.2, 0.25) is 0 Å². The van der Waals surface area contributed by atoms with Gasteiger partial charge in [0.1, 0.15) is 23.4 Å². The van der Waals surface area contributed by atoms with Gasteiger partial charge in [-0.15, -0.1) is 0 Å². The van der Waals surface area contributed by atoms with Crippen molar-refractivity contribution in [3.05, 3.63) is 64.7 Å². The van der Waals surface area contributed by atoms with E-state index in [1.807, 2.05) is 32.0 Å². The van der Waals surface area contributed by atoms with Crippen LogP contribution in [-0.2, 0) is 12.8 Å². The molecule has 0 unspecified atom stereocenters. The summed E-state index contributed by atoms with van der Waals surface area (Å²) in [5.41, 5.74) is 4.26. The molecule has 0 aliphatic carbocycles. The van der Waals surface area contributed by atoms with Crippen molar-refractivity contribution >= 4 is 0 Å². The molecule has 3 heteroatoms. The molecule has 3 rings (SSSR count). The van der Waals surface area contributed by atoms with Crippen molar-refractivity contribution in [1.82, 2.24) is 0 Å². The number of phenols is 2. The lowest BCUT2D eigenvalue weighted by atomic mass is 9.94. The number of phenolic OH excluding ortho intramolecular Hbond substituents is 2. The summed E-state index contributed by atoms with van der Waals surface area (Å²) < 4.78 is 6.23. The normalized spacial score (nSPS) is 16.3. The molecule has 0 bridgehead atoms. The third kappa shape index (κ3) is 3.34. The third-order valence-electron chi connectivity index (χ3n) is 4.23. The lowest BCUT2D eigenvalue weighted by Gasteiger charge is -2.28. The first-order chi connectivity index (χ1) is 11.0. The molecule has 0 spiro atoms. The van der Waals surface area contributed by atoms with E-state index in [4.69, 9.17) is 4.74 Å². The summed E-state index contributed by atoms with van der Waals surface area (Å²) in [6.07, 6.45) is 4.53. The fourth-order valence-electron chi connectivity index (χ4n) is 2.92. The van der Waals surface area contributed by atoms with E-state index < -0.39 is 0 Å². The summed E-state index contributed by atoms with van der Waals surface area (Å²) in [6, 6.07) is 10.9. The largest absolute Gasteiger partial charge is 0.508 e. The number of hydrogen-bond donors (Lipinski definition) is 2. The first-order valence-electron chi connectivity index (χ1n) is 7.97. The minimum atomic E-state index is -0.0460. The van der Waals surface area contributed by atoms with Gasteiger partial charge in [-0.05, 0) is 62.4 Å². The van der Waals surface area contributed by atoms with E-state index in [2.05, 4.69) is 6.08 Å². The molecular formula is C20H22O3. The molecule has 0 saturated heterocycles. The zero-order valence-corrected chi connectivity index (χ0v) is 13.5. The second-order valence-corrected chi connectivity index (χ2v) is 6.27. The number of aryl methyl sites for hydroxylation is 1. The highest BCUT2D eigenvalue weighted by molar-refractivity contribution is 5.52. The van der Waals surface area contributed by atoms with Crippen molar-refractivity contribution in [2.24, 2.45) is 0 Å².